The summed E-state index contributed by atoms with van der Waals surface area (Å²) in [7, 11) is -2.26. The molecule has 0 heterocycles. The number of amides is 1. The molecule has 2 N–H and O–H groups in total. The van der Waals surface area contributed by atoms with Crippen LogP contribution in [0.3, 0.4) is 0 Å². The third-order valence-electron chi connectivity index (χ3n) is 3.31. The Morgan fingerprint density at radius 3 is 2.52 bits per heavy atom. The van der Waals surface area contributed by atoms with Crippen molar-refractivity contribution in [3.05, 3.63) is 29.3 Å². The lowest BCUT2D eigenvalue weighted by molar-refractivity contribution is 0.0578. The van der Waals surface area contributed by atoms with Crippen LogP contribution in [0.1, 0.15) is 29.8 Å². The van der Waals surface area contributed by atoms with Gasteiger partial charge in [-0.2, -0.15) is 0 Å². The Bertz CT molecular complexity index is 613. The lowest BCUT2D eigenvalue weighted by Gasteiger charge is -2.28. The molecule has 0 fully saturated rings. The maximum absolute atomic E-state index is 12.6. The van der Waals surface area contributed by atoms with Crippen molar-refractivity contribution in [3.8, 4) is 0 Å². The van der Waals surface area contributed by atoms with Gasteiger partial charge in [-0.15, -0.1) is 0 Å². The Labute approximate surface area is 125 Å². The van der Waals surface area contributed by atoms with Gasteiger partial charge in [-0.25, -0.2) is 13.6 Å². The highest BCUT2D eigenvalue weighted by molar-refractivity contribution is 7.89. The molecule has 0 saturated heterocycles. The summed E-state index contributed by atoms with van der Waals surface area (Å²) in [6.07, 6.45) is 0. The van der Waals surface area contributed by atoms with E-state index in [1.54, 1.807) is 25.0 Å². The van der Waals surface area contributed by atoms with Crippen LogP contribution in [0.5, 0.6) is 0 Å². The first kappa shape index (κ1) is 17.6. The Kier molecular flexibility index (Phi) is 5.88. The van der Waals surface area contributed by atoms with Gasteiger partial charge < -0.3 is 9.64 Å². The molecule has 0 saturated carbocycles. The first-order valence-corrected chi connectivity index (χ1v) is 8.20. The number of nitrogens with two attached hydrogens (primary N) is 1. The van der Waals surface area contributed by atoms with Gasteiger partial charge in [0.05, 0.1) is 17.5 Å². The summed E-state index contributed by atoms with van der Waals surface area (Å²) >= 11 is 0. The summed E-state index contributed by atoms with van der Waals surface area (Å²) in [6, 6.07) is 4.21. The van der Waals surface area contributed by atoms with Crippen molar-refractivity contribution in [1.82, 2.24) is 4.90 Å². The van der Waals surface area contributed by atoms with Crippen LogP contribution in [0.4, 0.5) is 0 Å². The zero-order valence-electron chi connectivity index (χ0n) is 12.8. The Balaban J connectivity index is 3.22. The van der Waals surface area contributed by atoms with E-state index < -0.39 is 10.0 Å². The minimum absolute atomic E-state index is 0.0631. The monoisotopic (exact) mass is 314 g/mol. The van der Waals surface area contributed by atoms with Crippen molar-refractivity contribution < 1.29 is 17.9 Å². The van der Waals surface area contributed by atoms with E-state index in [2.05, 4.69) is 0 Å². The van der Waals surface area contributed by atoms with E-state index in [1.807, 2.05) is 13.8 Å². The second kappa shape index (κ2) is 7.02. The molecule has 0 spiro atoms. The minimum Gasteiger partial charge on any atom is -0.383 e. The zero-order chi connectivity index (χ0) is 16.2. The molecule has 1 rings (SSSR count). The first-order valence-electron chi connectivity index (χ1n) is 6.65. The largest absolute Gasteiger partial charge is 0.383 e. The Morgan fingerprint density at radius 1 is 1.43 bits per heavy atom. The average Bonchev–Trinajstić information content (AvgIpc) is 2.38. The fraction of sp³-hybridized carbons (Fsp3) is 0.500. The smallest absolute Gasteiger partial charge is 0.254 e. The predicted octanol–water partition coefficient (Wildman–Crippen LogP) is 1.14. The van der Waals surface area contributed by atoms with Crippen molar-refractivity contribution in [2.24, 2.45) is 5.14 Å². The van der Waals surface area contributed by atoms with Crippen LogP contribution in [0.2, 0.25) is 0 Å². The lowest BCUT2D eigenvalue weighted by Crippen LogP contribution is -2.41. The molecule has 21 heavy (non-hydrogen) atoms. The second-order valence-corrected chi connectivity index (χ2v) is 6.48. The lowest BCUT2D eigenvalue weighted by atomic mass is 10.1. The standard InChI is InChI=1S/C14H22N2O4S/c1-5-16(11(3)9-20-4)14(17)13-8-12(21(15,18)19)7-6-10(13)2/h6-8,11H,5,9H2,1-4H3,(H2,15,18,19). The summed E-state index contributed by atoms with van der Waals surface area (Å²) in [5.74, 6) is -0.231. The minimum atomic E-state index is -3.83. The van der Waals surface area contributed by atoms with Crippen LogP contribution < -0.4 is 5.14 Å². The van der Waals surface area contributed by atoms with Gasteiger partial charge in [0.15, 0.2) is 0 Å². The van der Waals surface area contributed by atoms with Crippen molar-refractivity contribution in [2.75, 3.05) is 20.3 Å². The number of carbonyl (C=O) groups excluding carboxylic acids is 1. The fourth-order valence-electron chi connectivity index (χ4n) is 2.15. The van der Waals surface area contributed by atoms with Crippen molar-refractivity contribution in [3.63, 3.8) is 0 Å². The number of methoxy groups -OCH3 is 1. The fourth-order valence-corrected chi connectivity index (χ4v) is 2.69. The molecule has 0 bridgehead atoms. The van der Waals surface area contributed by atoms with Gasteiger partial charge in [-0.3, -0.25) is 4.79 Å². The summed E-state index contributed by atoms with van der Waals surface area (Å²) in [5, 5.41) is 5.12. The number of aryl methyl sites for hydroxylation is 1. The average molecular weight is 314 g/mol. The summed E-state index contributed by atoms with van der Waals surface area (Å²) in [5.41, 5.74) is 1.04. The van der Waals surface area contributed by atoms with E-state index in [4.69, 9.17) is 9.88 Å². The maximum atomic E-state index is 12.6. The SMILES string of the molecule is CCN(C(=O)c1cc(S(N)(=O)=O)ccc1C)C(C)COC. The molecular formula is C14H22N2O4S. The summed E-state index contributed by atoms with van der Waals surface area (Å²) in [6.45, 7) is 6.41. The number of hydrogen-bond donors (Lipinski definition) is 1. The van der Waals surface area contributed by atoms with Crippen LogP contribution in [-0.4, -0.2) is 45.5 Å². The molecule has 1 aromatic rings. The number of benzene rings is 1. The van der Waals surface area contributed by atoms with Gasteiger partial charge in [0.1, 0.15) is 0 Å². The number of likely N-dealkylation sites (N-methyl/N-ethyl adjacent to an activating group) is 1. The predicted molar refractivity (Wildman–Crippen MR) is 80.6 cm³/mol. The Morgan fingerprint density at radius 2 is 2.05 bits per heavy atom. The second-order valence-electron chi connectivity index (χ2n) is 4.92. The van der Waals surface area contributed by atoms with E-state index in [0.717, 1.165) is 0 Å². The van der Waals surface area contributed by atoms with E-state index in [1.165, 1.54) is 12.1 Å². The van der Waals surface area contributed by atoms with Crippen LogP contribution in [-0.2, 0) is 14.8 Å². The van der Waals surface area contributed by atoms with Gasteiger partial charge >= 0.3 is 0 Å². The number of rotatable bonds is 6. The summed E-state index contributed by atoms with van der Waals surface area (Å²) in [4.78, 5) is 14.2. The topological polar surface area (TPSA) is 89.7 Å². The molecule has 7 heteroatoms. The van der Waals surface area contributed by atoms with Gasteiger partial charge in [0.25, 0.3) is 5.91 Å². The zero-order valence-corrected chi connectivity index (χ0v) is 13.6. The van der Waals surface area contributed by atoms with E-state index >= 15 is 0 Å². The van der Waals surface area contributed by atoms with E-state index in [9.17, 15) is 13.2 Å². The molecule has 0 aliphatic carbocycles. The molecule has 0 aliphatic rings. The molecule has 1 atom stereocenters. The molecule has 118 valence electrons. The number of carbonyl (C=O) groups is 1. The van der Waals surface area contributed by atoms with Crippen molar-refractivity contribution >= 4 is 15.9 Å². The summed E-state index contributed by atoms with van der Waals surface area (Å²) < 4.78 is 27.9. The van der Waals surface area contributed by atoms with Crippen LogP contribution in [0.15, 0.2) is 23.1 Å². The molecule has 1 aromatic carbocycles. The molecular weight excluding hydrogens is 292 g/mol. The number of sulfonamides is 1. The highest BCUT2D eigenvalue weighted by Gasteiger charge is 2.22. The van der Waals surface area contributed by atoms with Gasteiger partial charge in [0.2, 0.25) is 10.0 Å². The number of primary sulfonamides is 1. The third-order valence-corrected chi connectivity index (χ3v) is 4.22. The number of nitrogens with zero attached hydrogens (tertiary/aromatic N) is 1. The first-order chi connectivity index (χ1) is 9.72. The van der Waals surface area contributed by atoms with E-state index in [-0.39, 0.29) is 16.8 Å². The highest BCUT2D eigenvalue weighted by atomic mass is 32.2. The quantitative estimate of drug-likeness (QED) is 0.852. The number of hydrogen-bond acceptors (Lipinski definition) is 4. The molecule has 0 aliphatic heterocycles. The van der Waals surface area contributed by atoms with Gasteiger partial charge in [-0.1, -0.05) is 6.07 Å². The molecule has 0 aromatic heterocycles. The Hall–Kier alpha value is -1.44. The van der Waals surface area contributed by atoms with Gasteiger partial charge in [0, 0.05) is 19.2 Å². The van der Waals surface area contributed by atoms with Crippen LogP contribution >= 0.6 is 0 Å². The molecule has 1 amide bonds. The molecule has 0 radical (unpaired) electrons. The maximum Gasteiger partial charge on any atom is 0.254 e. The number of ether oxygens (including phenoxy) is 1. The highest BCUT2D eigenvalue weighted by Crippen LogP contribution is 2.18. The molecule has 1 unspecified atom stereocenters. The normalized spacial score (nSPS) is 13.0. The van der Waals surface area contributed by atoms with Crippen LogP contribution in [0, 0.1) is 6.92 Å². The molecule has 6 nitrogen and oxygen atoms in total. The van der Waals surface area contributed by atoms with Crippen molar-refractivity contribution in [2.45, 2.75) is 31.7 Å². The van der Waals surface area contributed by atoms with Crippen molar-refractivity contribution in [1.29, 1.82) is 0 Å². The van der Waals surface area contributed by atoms with Crippen LogP contribution in [0.25, 0.3) is 0 Å². The van der Waals surface area contributed by atoms with Gasteiger partial charge in [-0.05, 0) is 38.5 Å². The third kappa shape index (κ3) is 4.26. The van der Waals surface area contributed by atoms with E-state index in [0.29, 0.717) is 24.3 Å².